The molecule has 0 aliphatic heterocycles. The summed E-state index contributed by atoms with van der Waals surface area (Å²) in [7, 11) is 4.71. The maximum atomic E-state index is 5.97. The summed E-state index contributed by atoms with van der Waals surface area (Å²) in [5.74, 6) is 2.34. The van der Waals surface area contributed by atoms with Crippen molar-refractivity contribution in [3.05, 3.63) is 30.1 Å². The zero-order valence-corrected chi connectivity index (χ0v) is 18.0. The van der Waals surface area contributed by atoms with Gasteiger partial charge in [0.05, 0.1) is 37.6 Å². The molecule has 0 saturated carbocycles. The Hall–Kier alpha value is -3.07. The summed E-state index contributed by atoms with van der Waals surface area (Å²) in [6, 6.07) is 5.46. The summed E-state index contributed by atoms with van der Waals surface area (Å²) in [5, 5.41) is 3.73. The smallest absolute Gasteiger partial charge is 0.227 e. The number of anilines is 3. The van der Waals surface area contributed by atoms with Crippen LogP contribution in [0.1, 0.15) is 31.9 Å². The fourth-order valence-corrected chi connectivity index (χ4v) is 3.81. The van der Waals surface area contributed by atoms with Crippen molar-refractivity contribution >= 4 is 28.1 Å². The van der Waals surface area contributed by atoms with Gasteiger partial charge in [-0.25, -0.2) is 15.0 Å². The van der Waals surface area contributed by atoms with Gasteiger partial charge >= 0.3 is 0 Å². The Bertz CT molecular complexity index is 967. The molecule has 3 N–H and O–H groups in total. The first kappa shape index (κ1) is 20.7. The van der Waals surface area contributed by atoms with Gasteiger partial charge in [-0.2, -0.15) is 0 Å². The Morgan fingerprint density at radius 1 is 1.10 bits per heavy atom. The molecule has 0 fully saturated rings. The van der Waals surface area contributed by atoms with Gasteiger partial charge in [-0.15, -0.1) is 0 Å². The lowest BCUT2D eigenvalue weighted by atomic mass is 10.0. The second kappa shape index (κ2) is 8.95. The zero-order valence-electron chi connectivity index (χ0n) is 17.1. The highest BCUT2D eigenvalue weighted by atomic mass is 32.1. The van der Waals surface area contributed by atoms with Crippen molar-refractivity contribution in [3.8, 4) is 27.8 Å². The molecule has 1 atom stereocenters. The Balaban J connectivity index is 1.96. The molecule has 0 aliphatic rings. The van der Waals surface area contributed by atoms with E-state index in [1.807, 2.05) is 6.07 Å². The third kappa shape index (κ3) is 4.34. The van der Waals surface area contributed by atoms with Crippen LogP contribution in [0.4, 0.5) is 16.8 Å². The van der Waals surface area contributed by atoms with Crippen LogP contribution in [0.5, 0.6) is 17.2 Å². The molecule has 0 radical (unpaired) electrons. The lowest BCUT2D eigenvalue weighted by Gasteiger charge is -2.15. The number of hydrogen-bond donors (Lipinski definition) is 2. The zero-order chi connectivity index (χ0) is 21.0. The second-order valence-corrected chi connectivity index (χ2v) is 7.41. The van der Waals surface area contributed by atoms with Crippen molar-refractivity contribution in [3.63, 3.8) is 0 Å². The van der Waals surface area contributed by atoms with E-state index >= 15 is 0 Å². The van der Waals surface area contributed by atoms with Crippen LogP contribution in [0.2, 0.25) is 0 Å². The predicted molar refractivity (Wildman–Crippen MR) is 116 cm³/mol. The van der Waals surface area contributed by atoms with E-state index in [9.17, 15) is 0 Å². The van der Waals surface area contributed by atoms with Crippen LogP contribution in [0.25, 0.3) is 10.6 Å². The molecular formula is C20H25N5O3S. The van der Waals surface area contributed by atoms with E-state index in [4.69, 9.17) is 19.9 Å². The fraction of sp³-hybridized carbons (Fsp3) is 0.350. The Labute approximate surface area is 174 Å². The molecule has 2 aromatic heterocycles. The van der Waals surface area contributed by atoms with E-state index in [-0.39, 0.29) is 0 Å². The van der Waals surface area contributed by atoms with Gasteiger partial charge in [0.1, 0.15) is 0 Å². The summed E-state index contributed by atoms with van der Waals surface area (Å²) >= 11 is 1.44. The first-order chi connectivity index (χ1) is 14.0. The molecule has 0 bridgehead atoms. The summed E-state index contributed by atoms with van der Waals surface area (Å²) in [6.07, 6.45) is 2.68. The van der Waals surface area contributed by atoms with Crippen LogP contribution in [-0.2, 0) is 0 Å². The number of nitrogens with two attached hydrogens (primary N) is 1. The number of rotatable bonds is 8. The highest BCUT2D eigenvalue weighted by Gasteiger charge is 2.18. The van der Waals surface area contributed by atoms with Crippen LogP contribution in [-0.4, -0.2) is 36.3 Å². The molecule has 154 valence electrons. The Morgan fingerprint density at radius 2 is 1.79 bits per heavy atom. The monoisotopic (exact) mass is 415 g/mol. The predicted octanol–water partition coefficient (Wildman–Crippen LogP) is 4.47. The van der Waals surface area contributed by atoms with Gasteiger partial charge in [0.2, 0.25) is 11.7 Å². The summed E-state index contributed by atoms with van der Waals surface area (Å²) in [4.78, 5) is 14.5. The lowest BCUT2D eigenvalue weighted by molar-refractivity contribution is 0.324. The first-order valence-corrected chi connectivity index (χ1v) is 9.98. The Morgan fingerprint density at radius 3 is 2.38 bits per heavy atom. The van der Waals surface area contributed by atoms with Gasteiger partial charge < -0.3 is 25.3 Å². The van der Waals surface area contributed by atoms with E-state index in [1.165, 1.54) is 11.3 Å². The topological polar surface area (TPSA) is 104 Å². The molecule has 0 saturated heterocycles. The SMILES string of the molecule is CCC(C)c1nc(N)sc1-c1ccnc(Nc2cc(OC)c(OC)c(OC)c2)n1. The van der Waals surface area contributed by atoms with Crippen molar-refractivity contribution in [2.45, 2.75) is 26.2 Å². The minimum absolute atomic E-state index is 0.292. The van der Waals surface area contributed by atoms with Crippen LogP contribution < -0.4 is 25.3 Å². The van der Waals surface area contributed by atoms with E-state index in [2.05, 4.69) is 34.1 Å². The first-order valence-electron chi connectivity index (χ1n) is 9.17. The van der Waals surface area contributed by atoms with Crippen molar-refractivity contribution in [2.75, 3.05) is 32.4 Å². The van der Waals surface area contributed by atoms with Crippen LogP contribution in [0, 0.1) is 0 Å². The quantitative estimate of drug-likeness (QED) is 0.555. The number of benzene rings is 1. The number of ether oxygens (including phenoxy) is 3. The third-order valence-corrected chi connectivity index (χ3v) is 5.48. The number of nitrogen functional groups attached to an aromatic ring is 1. The summed E-state index contributed by atoms with van der Waals surface area (Å²) in [5.41, 5.74) is 8.42. The number of methoxy groups -OCH3 is 3. The number of thiazole rings is 1. The minimum atomic E-state index is 0.292. The van der Waals surface area contributed by atoms with E-state index in [0.717, 1.165) is 22.7 Å². The highest BCUT2D eigenvalue weighted by Crippen LogP contribution is 2.41. The van der Waals surface area contributed by atoms with Crippen molar-refractivity contribution < 1.29 is 14.2 Å². The highest BCUT2D eigenvalue weighted by molar-refractivity contribution is 7.18. The molecule has 9 heteroatoms. The Kier molecular flexibility index (Phi) is 6.38. The molecule has 0 amide bonds. The maximum absolute atomic E-state index is 5.97. The molecule has 3 aromatic rings. The van der Waals surface area contributed by atoms with Crippen molar-refractivity contribution in [1.82, 2.24) is 15.0 Å². The molecule has 1 aromatic carbocycles. The average Bonchev–Trinajstić information content (AvgIpc) is 3.14. The van der Waals surface area contributed by atoms with Crippen LogP contribution in [0.3, 0.4) is 0 Å². The molecule has 0 spiro atoms. The van der Waals surface area contributed by atoms with Crippen molar-refractivity contribution in [2.24, 2.45) is 0 Å². The van der Waals surface area contributed by atoms with Gasteiger partial charge in [0.15, 0.2) is 16.6 Å². The molecule has 0 aliphatic carbocycles. The fourth-order valence-electron chi connectivity index (χ4n) is 2.89. The second-order valence-electron chi connectivity index (χ2n) is 6.38. The number of hydrogen-bond acceptors (Lipinski definition) is 9. The molecule has 1 unspecified atom stereocenters. The van der Waals surface area contributed by atoms with E-state index in [1.54, 1.807) is 39.7 Å². The normalized spacial score (nSPS) is 11.8. The number of nitrogens with zero attached hydrogens (tertiary/aromatic N) is 3. The summed E-state index contributed by atoms with van der Waals surface area (Å²) in [6.45, 7) is 4.26. The minimum Gasteiger partial charge on any atom is -0.493 e. The summed E-state index contributed by atoms with van der Waals surface area (Å²) < 4.78 is 16.2. The molecule has 8 nitrogen and oxygen atoms in total. The van der Waals surface area contributed by atoms with E-state index < -0.39 is 0 Å². The van der Waals surface area contributed by atoms with Crippen molar-refractivity contribution in [1.29, 1.82) is 0 Å². The van der Waals surface area contributed by atoms with Gasteiger partial charge in [-0.3, -0.25) is 0 Å². The lowest BCUT2D eigenvalue weighted by Crippen LogP contribution is -2.01. The van der Waals surface area contributed by atoms with Gasteiger partial charge in [-0.1, -0.05) is 25.2 Å². The molecule has 29 heavy (non-hydrogen) atoms. The average molecular weight is 416 g/mol. The van der Waals surface area contributed by atoms with Gasteiger partial charge in [0.25, 0.3) is 0 Å². The third-order valence-electron chi connectivity index (χ3n) is 4.56. The number of aromatic nitrogens is 3. The maximum Gasteiger partial charge on any atom is 0.227 e. The standard InChI is InChI=1S/C20H25N5O3S/c1-6-11(2)16-18(29-19(21)25-16)13-7-8-22-20(24-13)23-12-9-14(26-3)17(28-5)15(10-12)27-4/h7-11H,6H2,1-5H3,(H2,21,25)(H,22,23,24). The van der Waals surface area contributed by atoms with Crippen LogP contribution in [0.15, 0.2) is 24.4 Å². The van der Waals surface area contributed by atoms with Gasteiger partial charge in [0, 0.05) is 24.0 Å². The molecule has 3 rings (SSSR count). The molecular weight excluding hydrogens is 390 g/mol. The number of nitrogens with one attached hydrogen (secondary N) is 1. The largest absolute Gasteiger partial charge is 0.493 e. The van der Waals surface area contributed by atoms with E-state index in [0.29, 0.717) is 39.9 Å². The van der Waals surface area contributed by atoms with Gasteiger partial charge in [-0.05, 0) is 18.4 Å². The molecule has 2 heterocycles. The van der Waals surface area contributed by atoms with Crippen LogP contribution >= 0.6 is 11.3 Å².